The summed E-state index contributed by atoms with van der Waals surface area (Å²) in [5.74, 6) is 1.09. The lowest BCUT2D eigenvalue weighted by molar-refractivity contribution is -0.195. The van der Waals surface area contributed by atoms with E-state index in [2.05, 4.69) is 26.0 Å². The van der Waals surface area contributed by atoms with Crippen molar-refractivity contribution in [3.8, 4) is 0 Å². The van der Waals surface area contributed by atoms with Gasteiger partial charge in [0.15, 0.2) is 0 Å². The van der Waals surface area contributed by atoms with Gasteiger partial charge in [-0.1, -0.05) is 44.2 Å². The van der Waals surface area contributed by atoms with Gasteiger partial charge in [-0.05, 0) is 23.8 Å². The smallest absolute Gasteiger partial charge is 0.229 e. The van der Waals surface area contributed by atoms with E-state index in [-0.39, 0.29) is 35.7 Å². The van der Waals surface area contributed by atoms with Crippen LogP contribution in [0.5, 0.6) is 0 Å². The van der Waals surface area contributed by atoms with E-state index in [0.717, 1.165) is 12.0 Å². The summed E-state index contributed by atoms with van der Waals surface area (Å²) in [5, 5.41) is 10.5. The van der Waals surface area contributed by atoms with E-state index in [1.54, 1.807) is 0 Å². The van der Waals surface area contributed by atoms with Gasteiger partial charge in [-0.15, -0.1) is 0 Å². The molecular weight excluding hydrogens is 290 g/mol. The van der Waals surface area contributed by atoms with E-state index in [9.17, 15) is 9.90 Å². The topological polar surface area (TPSA) is 49.8 Å². The van der Waals surface area contributed by atoms with Gasteiger partial charge in [0.05, 0.1) is 18.1 Å². The second-order valence-corrected chi connectivity index (χ2v) is 8.00. The van der Waals surface area contributed by atoms with Crippen LogP contribution in [0, 0.1) is 29.6 Å². The molecule has 0 spiro atoms. The minimum atomic E-state index is -0.529. The zero-order valence-corrected chi connectivity index (χ0v) is 13.6. The Hall–Kier alpha value is -1.39. The van der Waals surface area contributed by atoms with E-state index in [0.29, 0.717) is 12.5 Å². The van der Waals surface area contributed by atoms with Gasteiger partial charge in [-0.2, -0.15) is 0 Å². The number of ether oxygens (including phenoxy) is 1. The number of aliphatic hydroxyl groups excluding tert-OH is 1. The first-order valence-electron chi connectivity index (χ1n) is 8.77. The van der Waals surface area contributed by atoms with Crippen LogP contribution in [-0.2, 0) is 16.1 Å². The molecule has 0 aromatic heterocycles. The van der Waals surface area contributed by atoms with Crippen LogP contribution in [0.15, 0.2) is 30.3 Å². The number of amides is 1. The van der Waals surface area contributed by atoms with Gasteiger partial charge in [-0.3, -0.25) is 4.79 Å². The van der Waals surface area contributed by atoms with Crippen molar-refractivity contribution in [2.24, 2.45) is 29.6 Å². The summed E-state index contributed by atoms with van der Waals surface area (Å²) in [6, 6.07) is 10.2. The molecule has 1 aromatic rings. The molecule has 4 heteroatoms. The first-order valence-corrected chi connectivity index (χ1v) is 8.77. The molecule has 1 N–H and O–H groups in total. The Morgan fingerprint density at radius 3 is 2.74 bits per heavy atom. The molecule has 2 bridgehead atoms. The average Bonchev–Trinajstić information content (AvgIpc) is 3.20. The molecule has 7 atom stereocenters. The first kappa shape index (κ1) is 14.0. The normalized spacial score (nSPS) is 46.4. The Morgan fingerprint density at radius 2 is 2.04 bits per heavy atom. The highest BCUT2D eigenvalue weighted by molar-refractivity contribution is 5.84. The molecule has 4 fully saturated rings. The maximum atomic E-state index is 13.2. The van der Waals surface area contributed by atoms with E-state index < -0.39 is 11.8 Å². The third kappa shape index (κ3) is 1.47. The van der Waals surface area contributed by atoms with Crippen molar-refractivity contribution in [1.82, 2.24) is 4.90 Å². The van der Waals surface area contributed by atoms with Crippen molar-refractivity contribution in [1.29, 1.82) is 0 Å². The van der Waals surface area contributed by atoms with Crippen LogP contribution in [0.3, 0.4) is 0 Å². The third-order valence-corrected chi connectivity index (χ3v) is 6.84. The largest absolute Gasteiger partial charge is 0.390 e. The molecular formula is C19H23NO3. The summed E-state index contributed by atoms with van der Waals surface area (Å²) >= 11 is 0. The van der Waals surface area contributed by atoms with Gasteiger partial charge in [0.1, 0.15) is 5.72 Å². The van der Waals surface area contributed by atoms with Crippen molar-refractivity contribution in [3.05, 3.63) is 35.9 Å². The number of carbonyl (C=O) groups excluding carboxylic acids is 1. The van der Waals surface area contributed by atoms with Crippen molar-refractivity contribution in [2.75, 3.05) is 0 Å². The van der Waals surface area contributed by atoms with Crippen molar-refractivity contribution in [2.45, 2.75) is 44.7 Å². The van der Waals surface area contributed by atoms with E-state index in [4.69, 9.17) is 4.74 Å². The molecule has 23 heavy (non-hydrogen) atoms. The lowest BCUT2D eigenvalue weighted by Crippen LogP contribution is -2.53. The molecule has 2 saturated carbocycles. The fourth-order valence-electron chi connectivity index (χ4n) is 6.08. The van der Waals surface area contributed by atoms with E-state index >= 15 is 0 Å². The molecule has 5 rings (SSSR count). The van der Waals surface area contributed by atoms with Gasteiger partial charge in [0, 0.05) is 18.4 Å². The van der Waals surface area contributed by atoms with Gasteiger partial charge in [-0.25, -0.2) is 0 Å². The Morgan fingerprint density at radius 1 is 1.30 bits per heavy atom. The molecule has 2 aliphatic heterocycles. The first-order chi connectivity index (χ1) is 11.1. The van der Waals surface area contributed by atoms with E-state index in [1.807, 2.05) is 23.1 Å². The predicted octanol–water partition coefficient (Wildman–Crippen LogP) is 2.02. The maximum absolute atomic E-state index is 13.2. The minimum Gasteiger partial charge on any atom is -0.390 e. The summed E-state index contributed by atoms with van der Waals surface area (Å²) in [4.78, 5) is 15.2. The number of hydrogen-bond donors (Lipinski definition) is 1. The number of benzene rings is 1. The van der Waals surface area contributed by atoms with Crippen molar-refractivity contribution < 1.29 is 14.6 Å². The van der Waals surface area contributed by atoms with Crippen LogP contribution >= 0.6 is 0 Å². The molecule has 2 heterocycles. The summed E-state index contributed by atoms with van der Waals surface area (Å²) in [7, 11) is 0. The zero-order valence-electron chi connectivity index (χ0n) is 13.6. The lowest BCUT2D eigenvalue weighted by Gasteiger charge is -2.42. The molecule has 1 aromatic carbocycles. The molecule has 2 aliphatic carbocycles. The highest BCUT2D eigenvalue weighted by atomic mass is 16.6. The Kier molecular flexibility index (Phi) is 2.66. The molecule has 4 aliphatic rings. The summed E-state index contributed by atoms with van der Waals surface area (Å²) in [5.41, 5.74) is 0.612. The second kappa shape index (κ2) is 4.37. The third-order valence-electron chi connectivity index (χ3n) is 6.84. The minimum absolute atomic E-state index is 0.0418. The zero-order chi connectivity index (χ0) is 15.9. The van der Waals surface area contributed by atoms with Crippen LogP contribution < -0.4 is 0 Å². The van der Waals surface area contributed by atoms with Crippen LogP contribution in [0.1, 0.15) is 25.8 Å². The summed E-state index contributed by atoms with van der Waals surface area (Å²) in [6.07, 6.45) is 0.431. The van der Waals surface area contributed by atoms with Gasteiger partial charge in [0.25, 0.3) is 0 Å². The Labute approximate surface area is 136 Å². The quantitative estimate of drug-likeness (QED) is 0.929. The van der Waals surface area contributed by atoms with Gasteiger partial charge in [0.2, 0.25) is 5.91 Å². The van der Waals surface area contributed by atoms with Crippen LogP contribution in [-0.4, -0.2) is 33.8 Å². The Bertz CT molecular complexity index is 660. The fourth-order valence-corrected chi connectivity index (χ4v) is 6.08. The number of rotatable bonds is 3. The number of carbonyl (C=O) groups is 1. The Balaban J connectivity index is 1.59. The van der Waals surface area contributed by atoms with Crippen LogP contribution in [0.4, 0.5) is 0 Å². The molecule has 122 valence electrons. The van der Waals surface area contributed by atoms with Gasteiger partial charge < -0.3 is 14.7 Å². The van der Waals surface area contributed by atoms with Crippen molar-refractivity contribution in [3.63, 3.8) is 0 Å². The molecule has 0 unspecified atom stereocenters. The monoisotopic (exact) mass is 313 g/mol. The standard InChI is InChI=1S/C19H23NO3/c1-10(2)19-15-13-8-12(16(21)17(13)23-19)14(15)18(22)20(19)9-11-6-4-3-5-7-11/h3-7,10,12-17,21H,8-9H2,1-2H3/t12-,13-,14+,15+,16+,17-,19-/m0/s1. The SMILES string of the molecule is CC(C)[C@]12O[C@@H]3[C@H](O)[C@H]4C[C@H]3[C@@H]1[C@@H]4C(=O)N2Cc1ccccc1. The average molecular weight is 313 g/mol. The number of likely N-dealkylation sites (tertiary alicyclic amines) is 1. The fraction of sp³-hybridized carbons (Fsp3) is 0.632. The number of nitrogens with zero attached hydrogens (tertiary/aromatic N) is 1. The summed E-state index contributed by atoms with van der Waals surface area (Å²) in [6.45, 7) is 4.91. The highest BCUT2D eigenvalue weighted by Crippen LogP contribution is 2.69. The van der Waals surface area contributed by atoms with Crippen LogP contribution in [0.25, 0.3) is 0 Å². The number of hydrogen-bond acceptors (Lipinski definition) is 3. The van der Waals surface area contributed by atoms with Gasteiger partial charge >= 0.3 is 0 Å². The van der Waals surface area contributed by atoms with Crippen LogP contribution in [0.2, 0.25) is 0 Å². The molecule has 2 saturated heterocycles. The number of aliphatic hydroxyl groups is 1. The van der Waals surface area contributed by atoms with E-state index in [1.165, 1.54) is 0 Å². The predicted molar refractivity (Wildman–Crippen MR) is 84.0 cm³/mol. The summed E-state index contributed by atoms with van der Waals surface area (Å²) < 4.78 is 6.50. The molecule has 1 amide bonds. The highest BCUT2D eigenvalue weighted by Gasteiger charge is 2.78. The van der Waals surface area contributed by atoms with Crippen molar-refractivity contribution >= 4 is 5.91 Å². The second-order valence-electron chi connectivity index (χ2n) is 8.00. The lowest BCUT2D eigenvalue weighted by atomic mass is 9.74. The number of fused-ring (bicyclic) bond motifs is 2. The maximum Gasteiger partial charge on any atom is 0.229 e. The molecule has 4 nitrogen and oxygen atoms in total. The molecule has 0 radical (unpaired) electrons.